The maximum atomic E-state index is 4.38. The Morgan fingerprint density at radius 2 is 2.06 bits per heavy atom. The zero-order valence-corrected chi connectivity index (χ0v) is 10.3. The lowest BCUT2D eigenvalue weighted by Gasteiger charge is -2.09. The summed E-state index contributed by atoms with van der Waals surface area (Å²) < 4.78 is 0. The molecule has 1 saturated heterocycles. The molecular weight excluding hydrogens is 222 g/mol. The molecule has 3 nitrogen and oxygen atoms in total. The van der Waals surface area contributed by atoms with E-state index in [1.54, 1.807) is 6.33 Å². The van der Waals surface area contributed by atoms with Crippen LogP contribution >= 0.6 is 0 Å². The zero-order chi connectivity index (χ0) is 12.2. The van der Waals surface area contributed by atoms with E-state index in [9.17, 15) is 0 Å². The number of nitrogens with one attached hydrogen (secondary N) is 1. The molecule has 1 aromatic heterocycles. The molecule has 18 heavy (non-hydrogen) atoms. The van der Waals surface area contributed by atoms with Crippen LogP contribution in [-0.2, 0) is 6.42 Å². The lowest BCUT2D eigenvalue weighted by molar-refractivity contribution is 0.594. The second-order valence-corrected chi connectivity index (χ2v) is 4.76. The van der Waals surface area contributed by atoms with Gasteiger partial charge in [0.05, 0.1) is 5.69 Å². The summed E-state index contributed by atoms with van der Waals surface area (Å²) in [7, 11) is 0. The fraction of sp³-hybridized carbons (Fsp3) is 0.333. The molecule has 1 unspecified atom stereocenters. The Labute approximate surface area is 107 Å². The number of nitrogens with zero attached hydrogens (tertiary/aromatic N) is 2. The van der Waals surface area contributed by atoms with Crippen molar-refractivity contribution in [3.63, 3.8) is 0 Å². The molecule has 3 heteroatoms. The van der Waals surface area contributed by atoms with Gasteiger partial charge in [0.15, 0.2) is 0 Å². The number of hydrogen-bond acceptors (Lipinski definition) is 3. The quantitative estimate of drug-likeness (QED) is 0.894. The first-order valence-electron chi connectivity index (χ1n) is 6.51. The second kappa shape index (κ2) is 5.27. The van der Waals surface area contributed by atoms with E-state index >= 15 is 0 Å². The van der Waals surface area contributed by atoms with Crippen molar-refractivity contribution in [1.29, 1.82) is 0 Å². The van der Waals surface area contributed by atoms with E-state index in [2.05, 4.69) is 33.5 Å². The Balaban J connectivity index is 1.80. The van der Waals surface area contributed by atoms with Crippen LogP contribution in [0.2, 0.25) is 0 Å². The maximum Gasteiger partial charge on any atom is 0.116 e. The molecule has 0 bridgehead atoms. The second-order valence-electron chi connectivity index (χ2n) is 4.76. The van der Waals surface area contributed by atoms with Gasteiger partial charge in [-0.15, -0.1) is 0 Å². The Kier molecular flexibility index (Phi) is 3.33. The van der Waals surface area contributed by atoms with Crippen molar-refractivity contribution in [3.05, 3.63) is 48.4 Å². The molecule has 1 aromatic carbocycles. The van der Waals surface area contributed by atoms with Gasteiger partial charge in [-0.1, -0.05) is 30.3 Å². The largest absolute Gasteiger partial charge is 0.314 e. The molecule has 0 amide bonds. The molecule has 1 aliphatic rings. The van der Waals surface area contributed by atoms with Gasteiger partial charge in [-0.05, 0) is 25.5 Å². The van der Waals surface area contributed by atoms with Crippen molar-refractivity contribution in [2.45, 2.75) is 25.3 Å². The molecule has 92 valence electrons. The molecule has 1 N–H and O–H groups in total. The molecule has 3 rings (SSSR count). The van der Waals surface area contributed by atoms with Crippen molar-refractivity contribution in [1.82, 2.24) is 15.3 Å². The lowest BCUT2D eigenvalue weighted by atomic mass is 10.1. The van der Waals surface area contributed by atoms with Crippen LogP contribution < -0.4 is 5.32 Å². The van der Waals surface area contributed by atoms with E-state index in [0.717, 1.165) is 29.9 Å². The maximum absolute atomic E-state index is 4.38. The van der Waals surface area contributed by atoms with Gasteiger partial charge in [-0.25, -0.2) is 9.97 Å². The Morgan fingerprint density at radius 1 is 1.17 bits per heavy atom. The summed E-state index contributed by atoms with van der Waals surface area (Å²) in [5, 5.41) is 3.50. The number of aromatic nitrogens is 2. The minimum absolute atomic E-state index is 0.587. The van der Waals surface area contributed by atoms with Crippen LogP contribution in [0.5, 0.6) is 0 Å². The van der Waals surface area contributed by atoms with Crippen molar-refractivity contribution >= 4 is 0 Å². The molecule has 1 aliphatic heterocycles. The first-order chi connectivity index (χ1) is 8.92. The average Bonchev–Trinajstić information content (AvgIpc) is 2.93. The Bertz CT molecular complexity index is 504. The van der Waals surface area contributed by atoms with Gasteiger partial charge in [-0.3, -0.25) is 0 Å². The van der Waals surface area contributed by atoms with Crippen LogP contribution in [0.15, 0.2) is 42.7 Å². The SMILES string of the molecule is c1ccc(-c2cc(CC3CCCN3)ncn2)cc1. The summed E-state index contributed by atoms with van der Waals surface area (Å²) >= 11 is 0. The summed E-state index contributed by atoms with van der Waals surface area (Å²) in [6.07, 6.45) is 5.21. The summed E-state index contributed by atoms with van der Waals surface area (Å²) in [5.74, 6) is 0. The third kappa shape index (κ3) is 2.57. The highest BCUT2D eigenvalue weighted by atomic mass is 14.9. The van der Waals surface area contributed by atoms with Gasteiger partial charge in [0.25, 0.3) is 0 Å². The molecule has 1 atom stereocenters. The summed E-state index contributed by atoms with van der Waals surface area (Å²) in [5.41, 5.74) is 3.29. The van der Waals surface area contributed by atoms with Gasteiger partial charge in [-0.2, -0.15) is 0 Å². The van der Waals surface area contributed by atoms with E-state index in [-0.39, 0.29) is 0 Å². The van der Waals surface area contributed by atoms with E-state index < -0.39 is 0 Å². The van der Waals surface area contributed by atoms with E-state index in [4.69, 9.17) is 0 Å². The third-order valence-electron chi connectivity index (χ3n) is 3.41. The van der Waals surface area contributed by atoms with Gasteiger partial charge >= 0.3 is 0 Å². The molecule has 0 spiro atoms. The van der Waals surface area contributed by atoms with Crippen LogP contribution in [0.25, 0.3) is 11.3 Å². The lowest BCUT2D eigenvalue weighted by Crippen LogP contribution is -2.24. The summed E-state index contributed by atoms with van der Waals surface area (Å²) in [4.78, 5) is 8.73. The van der Waals surface area contributed by atoms with Gasteiger partial charge in [0.1, 0.15) is 6.33 Å². The highest BCUT2D eigenvalue weighted by Crippen LogP contribution is 2.18. The fourth-order valence-electron chi connectivity index (χ4n) is 2.46. The van der Waals surface area contributed by atoms with Crippen molar-refractivity contribution < 1.29 is 0 Å². The highest BCUT2D eigenvalue weighted by molar-refractivity contribution is 5.58. The monoisotopic (exact) mass is 239 g/mol. The highest BCUT2D eigenvalue weighted by Gasteiger charge is 2.15. The molecular formula is C15H17N3. The predicted octanol–water partition coefficient (Wildman–Crippen LogP) is 2.44. The first-order valence-corrected chi connectivity index (χ1v) is 6.51. The minimum atomic E-state index is 0.587. The molecule has 0 radical (unpaired) electrons. The number of rotatable bonds is 3. The number of benzene rings is 1. The standard InChI is InChI=1S/C15H17N3/c1-2-5-12(6-3-1)15-10-14(17-11-18-15)9-13-7-4-8-16-13/h1-3,5-6,10-11,13,16H,4,7-9H2. The van der Waals surface area contributed by atoms with Crippen molar-refractivity contribution in [3.8, 4) is 11.3 Å². The first kappa shape index (κ1) is 11.4. The normalized spacial score (nSPS) is 19.0. The Morgan fingerprint density at radius 3 is 2.83 bits per heavy atom. The van der Waals surface area contributed by atoms with Crippen LogP contribution in [0.4, 0.5) is 0 Å². The van der Waals surface area contributed by atoms with E-state index in [1.807, 2.05) is 18.2 Å². The molecule has 0 saturated carbocycles. The third-order valence-corrected chi connectivity index (χ3v) is 3.41. The zero-order valence-electron chi connectivity index (χ0n) is 10.3. The summed E-state index contributed by atoms with van der Waals surface area (Å²) in [6, 6.07) is 13.0. The van der Waals surface area contributed by atoms with E-state index in [0.29, 0.717) is 6.04 Å². The topological polar surface area (TPSA) is 37.8 Å². The van der Waals surface area contributed by atoms with Crippen LogP contribution in [-0.4, -0.2) is 22.6 Å². The van der Waals surface area contributed by atoms with Crippen LogP contribution in [0, 0.1) is 0 Å². The van der Waals surface area contributed by atoms with Crippen LogP contribution in [0.3, 0.4) is 0 Å². The minimum Gasteiger partial charge on any atom is -0.314 e. The van der Waals surface area contributed by atoms with Gasteiger partial charge in [0.2, 0.25) is 0 Å². The predicted molar refractivity (Wildman–Crippen MR) is 72.2 cm³/mol. The van der Waals surface area contributed by atoms with Gasteiger partial charge < -0.3 is 5.32 Å². The van der Waals surface area contributed by atoms with Crippen LogP contribution in [0.1, 0.15) is 18.5 Å². The number of hydrogen-bond donors (Lipinski definition) is 1. The molecule has 2 aromatic rings. The van der Waals surface area contributed by atoms with Crippen molar-refractivity contribution in [2.75, 3.05) is 6.54 Å². The molecule has 2 heterocycles. The molecule has 0 aliphatic carbocycles. The summed E-state index contributed by atoms with van der Waals surface area (Å²) in [6.45, 7) is 1.14. The molecule has 1 fully saturated rings. The average molecular weight is 239 g/mol. The van der Waals surface area contributed by atoms with Crippen molar-refractivity contribution in [2.24, 2.45) is 0 Å². The fourth-order valence-corrected chi connectivity index (χ4v) is 2.46. The van der Waals surface area contributed by atoms with E-state index in [1.165, 1.54) is 12.8 Å². The smallest absolute Gasteiger partial charge is 0.116 e. The van der Waals surface area contributed by atoms with Gasteiger partial charge in [0, 0.05) is 23.7 Å². The Hall–Kier alpha value is -1.74.